The maximum atomic E-state index is 13.6. The van der Waals surface area contributed by atoms with E-state index in [0.29, 0.717) is 19.0 Å². The number of carbonyl (C=O) groups is 1. The predicted molar refractivity (Wildman–Crippen MR) is 105 cm³/mol. The van der Waals surface area contributed by atoms with Gasteiger partial charge in [-0.3, -0.25) is 4.79 Å². The van der Waals surface area contributed by atoms with E-state index in [4.69, 9.17) is 0 Å². The molecule has 4 N–H and O–H groups in total. The first-order chi connectivity index (χ1) is 14.0. The molecule has 29 heavy (non-hydrogen) atoms. The Hall–Kier alpha value is -3.07. The van der Waals surface area contributed by atoms with Gasteiger partial charge in [0, 0.05) is 19.0 Å². The fraction of sp³-hybridized carbons (Fsp3) is 0.300. The molecule has 1 amide bonds. The number of anilines is 1. The SMILES string of the molecule is CCNC(=NCC(=O)Nc1ccc(F)c(F)c1F)NCC(CO)c1ccccc1. The van der Waals surface area contributed by atoms with E-state index in [0.717, 1.165) is 17.7 Å². The summed E-state index contributed by atoms with van der Waals surface area (Å²) in [6.07, 6.45) is 0. The van der Waals surface area contributed by atoms with Crippen LogP contribution in [-0.4, -0.2) is 43.2 Å². The standard InChI is InChI=1S/C20H23F3N4O2/c1-2-24-20(25-10-14(12-28)13-6-4-3-5-7-13)26-11-17(29)27-16-9-8-15(21)18(22)19(16)23/h3-9,14,28H,2,10-12H2,1H3,(H,27,29)(H2,24,25,26). The summed E-state index contributed by atoms with van der Waals surface area (Å²) in [7, 11) is 0. The molecule has 0 heterocycles. The number of aliphatic hydroxyl groups is 1. The van der Waals surface area contributed by atoms with Crippen molar-refractivity contribution < 1.29 is 23.1 Å². The molecular weight excluding hydrogens is 385 g/mol. The molecule has 0 aliphatic heterocycles. The highest BCUT2D eigenvalue weighted by Gasteiger charge is 2.15. The molecule has 0 aromatic heterocycles. The highest BCUT2D eigenvalue weighted by Crippen LogP contribution is 2.19. The fourth-order valence-electron chi connectivity index (χ4n) is 2.54. The summed E-state index contributed by atoms with van der Waals surface area (Å²) in [5.74, 6) is -5.02. The van der Waals surface area contributed by atoms with Crippen LogP contribution in [0.25, 0.3) is 0 Å². The largest absolute Gasteiger partial charge is 0.396 e. The minimum Gasteiger partial charge on any atom is -0.396 e. The number of benzene rings is 2. The number of carbonyl (C=O) groups excluding carboxylic acids is 1. The minimum absolute atomic E-state index is 0.0771. The molecule has 2 aromatic carbocycles. The third-order valence-corrected chi connectivity index (χ3v) is 4.04. The van der Waals surface area contributed by atoms with E-state index in [-0.39, 0.29) is 19.1 Å². The summed E-state index contributed by atoms with van der Waals surface area (Å²) in [6, 6.07) is 11.1. The number of rotatable bonds is 8. The molecule has 2 aromatic rings. The van der Waals surface area contributed by atoms with E-state index in [2.05, 4.69) is 20.9 Å². The van der Waals surface area contributed by atoms with Crippen molar-refractivity contribution in [1.29, 1.82) is 0 Å². The lowest BCUT2D eigenvalue weighted by molar-refractivity contribution is -0.114. The Bertz CT molecular complexity index is 847. The Balaban J connectivity index is 1.97. The van der Waals surface area contributed by atoms with Gasteiger partial charge in [0.2, 0.25) is 5.91 Å². The Morgan fingerprint density at radius 3 is 2.45 bits per heavy atom. The lowest BCUT2D eigenvalue weighted by Crippen LogP contribution is -2.40. The van der Waals surface area contributed by atoms with E-state index in [1.54, 1.807) is 0 Å². The van der Waals surface area contributed by atoms with Crippen molar-refractivity contribution in [2.45, 2.75) is 12.8 Å². The van der Waals surface area contributed by atoms with Crippen LogP contribution in [0, 0.1) is 17.5 Å². The van der Waals surface area contributed by atoms with Crippen molar-refractivity contribution in [2.24, 2.45) is 4.99 Å². The first-order valence-electron chi connectivity index (χ1n) is 9.07. The van der Waals surface area contributed by atoms with Gasteiger partial charge in [-0.1, -0.05) is 30.3 Å². The minimum atomic E-state index is -1.66. The molecule has 0 radical (unpaired) electrons. The second kappa shape index (κ2) is 11.1. The molecule has 0 spiro atoms. The Morgan fingerprint density at radius 1 is 1.07 bits per heavy atom. The van der Waals surface area contributed by atoms with Crippen molar-refractivity contribution in [2.75, 3.05) is 31.6 Å². The normalized spacial score (nSPS) is 12.4. The van der Waals surface area contributed by atoms with Crippen LogP contribution < -0.4 is 16.0 Å². The van der Waals surface area contributed by atoms with E-state index < -0.39 is 29.0 Å². The fourth-order valence-corrected chi connectivity index (χ4v) is 2.54. The number of halogens is 3. The molecular formula is C20H23F3N4O2. The Morgan fingerprint density at radius 2 is 1.79 bits per heavy atom. The lowest BCUT2D eigenvalue weighted by atomic mass is 10.0. The average molecular weight is 408 g/mol. The second-order valence-electron chi connectivity index (χ2n) is 6.14. The number of hydrogen-bond acceptors (Lipinski definition) is 3. The molecule has 9 heteroatoms. The predicted octanol–water partition coefficient (Wildman–Crippen LogP) is 2.37. The van der Waals surface area contributed by atoms with Crippen LogP contribution in [0.4, 0.5) is 18.9 Å². The van der Waals surface area contributed by atoms with E-state index in [1.165, 1.54) is 0 Å². The maximum absolute atomic E-state index is 13.6. The molecule has 1 atom stereocenters. The number of guanidine groups is 1. The van der Waals surface area contributed by atoms with Crippen LogP contribution in [0.3, 0.4) is 0 Å². The summed E-state index contributed by atoms with van der Waals surface area (Å²) in [5.41, 5.74) is 0.483. The number of aliphatic hydroxyl groups excluding tert-OH is 1. The first kappa shape index (κ1) is 22.2. The molecule has 0 aliphatic rings. The van der Waals surface area contributed by atoms with Crippen molar-refractivity contribution in [3.8, 4) is 0 Å². The topological polar surface area (TPSA) is 85.8 Å². The van der Waals surface area contributed by atoms with Crippen LogP contribution in [0.1, 0.15) is 18.4 Å². The number of amides is 1. The van der Waals surface area contributed by atoms with Gasteiger partial charge in [0.25, 0.3) is 0 Å². The summed E-state index contributed by atoms with van der Waals surface area (Å²) in [6.45, 7) is 2.29. The molecule has 1 unspecified atom stereocenters. The maximum Gasteiger partial charge on any atom is 0.246 e. The second-order valence-corrected chi connectivity index (χ2v) is 6.14. The van der Waals surface area contributed by atoms with Crippen molar-refractivity contribution in [3.63, 3.8) is 0 Å². The summed E-state index contributed by atoms with van der Waals surface area (Å²) in [4.78, 5) is 16.1. The molecule has 0 fully saturated rings. The van der Waals surface area contributed by atoms with Crippen molar-refractivity contribution in [1.82, 2.24) is 10.6 Å². The Kier molecular flexibility index (Phi) is 8.47. The number of hydrogen-bond donors (Lipinski definition) is 4. The van der Waals surface area contributed by atoms with Gasteiger partial charge >= 0.3 is 0 Å². The molecule has 156 valence electrons. The van der Waals surface area contributed by atoms with Crippen LogP contribution in [-0.2, 0) is 4.79 Å². The van der Waals surface area contributed by atoms with Crippen molar-refractivity contribution >= 4 is 17.6 Å². The Labute approximate surface area is 166 Å². The van der Waals surface area contributed by atoms with E-state index >= 15 is 0 Å². The summed E-state index contributed by atoms with van der Waals surface area (Å²) in [5, 5.41) is 17.8. The van der Waals surface area contributed by atoms with Crippen LogP contribution in [0.5, 0.6) is 0 Å². The van der Waals surface area contributed by atoms with Crippen LogP contribution >= 0.6 is 0 Å². The highest BCUT2D eigenvalue weighted by molar-refractivity contribution is 5.94. The van der Waals surface area contributed by atoms with Gasteiger partial charge in [0.05, 0.1) is 12.3 Å². The highest BCUT2D eigenvalue weighted by atomic mass is 19.2. The summed E-state index contributed by atoms with van der Waals surface area (Å²) < 4.78 is 39.8. The quantitative estimate of drug-likeness (QED) is 0.307. The lowest BCUT2D eigenvalue weighted by Gasteiger charge is -2.18. The summed E-state index contributed by atoms with van der Waals surface area (Å²) >= 11 is 0. The zero-order valence-corrected chi connectivity index (χ0v) is 15.9. The van der Waals surface area contributed by atoms with Gasteiger partial charge in [-0.2, -0.15) is 0 Å². The van der Waals surface area contributed by atoms with Gasteiger partial charge in [-0.15, -0.1) is 0 Å². The molecule has 0 aliphatic carbocycles. The zero-order chi connectivity index (χ0) is 21.2. The smallest absolute Gasteiger partial charge is 0.246 e. The van der Waals surface area contributed by atoms with Gasteiger partial charge in [0.15, 0.2) is 23.4 Å². The molecule has 0 saturated carbocycles. The van der Waals surface area contributed by atoms with Crippen LogP contribution in [0.15, 0.2) is 47.5 Å². The van der Waals surface area contributed by atoms with Gasteiger partial charge in [-0.05, 0) is 24.6 Å². The molecule has 0 bridgehead atoms. The van der Waals surface area contributed by atoms with E-state index in [1.807, 2.05) is 37.3 Å². The third-order valence-electron chi connectivity index (χ3n) is 4.04. The molecule has 6 nitrogen and oxygen atoms in total. The van der Waals surface area contributed by atoms with Gasteiger partial charge < -0.3 is 21.1 Å². The van der Waals surface area contributed by atoms with Gasteiger partial charge in [0.1, 0.15) is 6.54 Å². The zero-order valence-electron chi connectivity index (χ0n) is 15.9. The monoisotopic (exact) mass is 408 g/mol. The average Bonchev–Trinajstić information content (AvgIpc) is 2.73. The number of nitrogens with one attached hydrogen (secondary N) is 3. The third kappa shape index (κ3) is 6.49. The molecule has 0 saturated heterocycles. The van der Waals surface area contributed by atoms with Gasteiger partial charge in [-0.25, -0.2) is 18.2 Å². The van der Waals surface area contributed by atoms with E-state index in [9.17, 15) is 23.1 Å². The first-order valence-corrected chi connectivity index (χ1v) is 9.07. The van der Waals surface area contributed by atoms with Crippen molar-refractivity contribution in [3.05, 3.63) is 65.5 Å². The van der Waals surface area contributed by atoms with Crippen LogP contribution in [0.2, 0.25) is 0 Å². The number of aliphatic imine (C=N–C) groups is 1. The molecule has 2 rings (SSSR count). The number of nitrogens with zero attached hydrogens (tertiary/aromatic N) is 1.